The lowest BCUT2D eigenvalue weighted by Gasteiger charge is -2.31. The van der Waals surface area contributed by atoms with Crippen molar-refractivity contribution in [3.63, 3.8) is 0 Å². The highest BCUT2D eigenvalue weighted by molar-refractivity contribution is 5.84. The van der Waals surface area contributed by atoms with Gasteiger partial charge < -0.3 is 15.6 Å². The lowest BCUT2D eigenvalue weighted by Crippen LogP contribution is -2.54. The molecule has 2 atom stereocenters. The Bertz CT molecular complexity index is 401. The second kappa shape index (κ2) is 6.00. The number of hydrogen-bond acceptors (Lipinski definition) is 3. The second-order valence-electron chi connectivity index (χ2n) is 5.06. The number of nitrogens with one attached hydrogen (secondary N) is 1. The summed E-state index contributed by atoms with van der Waals surface area (Å²) >= 11 is 0. The van der Waals surface area contributed by atoms with Crippen LogP contribution >= 0.6 is 0 Å². The first-order valence-corrected chi connectivity index (χ1v) is 6.45. The smallest absolute Gasteiger partial charge is 0.237 e. The van der Waals surface area contributed by atoms with Crippen LogP contribution in [0.1, 0.15) is 45.5 Å². The zero-order valence-corrected chi connectivity index (χ0v) is 11.7. The standard InChI is InChI=1S/C13H24N4O/c1-5-6-16-13(4,12(14)18)9-10(2)17-8-7-15-11(17)3/h7-8,10,16H,5-6,9H2,1-4H3,(H2,14,18). The van der Waals surface area contributed by atoms with Gasteiger partial charge in [0.1, 0.15) is 5.82 Å². The molecule has 1 heterocycles. The summed E-state index contributed by atoms with van der Waals surface area (Å²) in [7, 11) is 0. The molecular weight excluding hydrogens is 228 g/mol. The molecule has 18 heavy (non-hydrogen) atoms. The van der Waals surface area contributed by atoms with Crippen molar-refractivity contribution in [3.8, 4) is 0 Å². The van der Waals surface area contributed by atoms with E-state index in [1.807, 2.05) is 20.0 Å². The van der Waals surface area contributed by atoms with E-state index in [-0.39, 0.29) is 11.9 Å². The van der Waals surface area contributed by atoms with E-state index in [0.717, 1.165) is 18.8 Å². The summed E-state index contributed by atoms with van der Waals surface area (Å²) < 4.78 is 2.06. The molecule has 102 valence electrons. The number of nitrogens with two attached hydrogens (primary N) is 1. The predicted molar refractivity (Wildman–Crippen MR) is 72.2 cm³/mol. The maximum Gasteiger partial charge on any atom is 0.237 e. The van der Waals surface area contributed by atoms with Crippen molar-refractivity contribution in [1.29, 1.82) is 0 Å². The summed E-state index contributed by atoms with van der Waals surface area (Å²) in [5, 5.41) is 3.25. The van der Waals surface area contributed by atoms with Crippen LogP contribution in [0.2, 0.25) is 0 Å². The van der Waals surface area contributed by atoms with Crippen molar-refractivity contribution in [3.05, 3.63) is 18.2 Å². The van der Waals surface area contributed by atoms with E-state index in [0.29, 0.717) is 6.42 Å². The Labute approximate surface area is 109 Å². The van der Waals surface area contributed by atoms with Crippen LogP contribution in [0.25, 0.3) is 0 Å². The number of nitrogens with zero attached hydrogens (tertiary/aromatic N) is 2. The van der Waals surface area contributed by atoms with Gasteiger partial charge in [-0.15, -0.1) is 0 Å². The molecule has 0 fully saturated rings. The topological polar surface area (TPSA) is 72.9 Å². The summed E-state index contributed by atoms with van der Waals surface area (Å²) in [6.45, 7) is 8.75. The van der Waals surface area contributed by atoms with Crippen LogP contribution in [-0.4, -0.2) is 27.5 Å². The Morgan fingerprint density at radius 1 is 1.67 bits per heavy atom. The SMILES string of the molecule is CCCNC(C)(CC(C)n1ccnc1C)C(N)=O. The van der Waals surface area contributed by atoms with Crippen LogP contribution in [-0.2, 0) is 4.79 Å². The van der Waals surface area contributed by atoms with Crippen LogP contribution in [0.5, 0.6) is 0 Å². The van der Waals surface area contributed by atoms with Gasteiger partial charge >= 0.3 is 0 Å². The van der Waals surface area contributed by atoms with Crippen LogP contribution < -0.4 is 11.1 Å². The first-order valence-electron chi connectivity index (χ1n) is 6.45. The molecule has 5 nitrogen and oxygen atoms in total. The average molecular weight is 252 g/mol. The number of hydrogen-bond donors (Lipinski definition) is 2. The zero-order chi connectivity index (χ0) is 13.8. The van der Waals surface area contributed by atoms with Gasteiger partial charge in [0.15, 0.2) is 0 Å². The molecule has 1 amide bonds. The molecule has 0 bridgehead atoms. The third-order valence-electron chi connectivity index (χ3n) is 3.35. The maximum atomic E-state index is 11.7. The molecule has 3 N–H and O–H groups in total. The minimum atomic E-state index is -0.674. The monoisotopic (exact) mass is 252 g/mol. The molecule has 0 aliphatic rings. The summed E-state index contributed by atoms with van der Waals surface area (Å²) in [6.07, 6.45) is 5.33. The van der Waals surface area contributed by atoms with Gasteiger partial charge in [-0.1, -0.05) is 6.92 Å². The third-order valence-corrected chi connectivity index (χ3v) is 3.35. The van der Waals surface area contributed by atoms with Crippen molar-refractivity contribution in [1.82, 2.24) is 14.9 Å². The lowest BCUT2D eigenvalue weighted by atomic mass is 9.92. The van der Waals surface area contributed by atoms with Gasteiger partial charge in [0, 0.05) is 18.4 Å². The van der Waals surface area contributed by atoms with E-state index in [9.17, 15) is 4.79 Å². The Hall–Kier alpha value is -1.36. The number of aromatic nitrogens is 2. The first-order chi connectivity index (χ1) is 8.40. The van der Waals surface area contributed by atoms with Gasteiger partial charge in [-0.25, -0.2) is 4.98 Å². The Kier molecular flexibility index (Phi) is 4.90. The molecule has 0 saturated carbocycles. The maximum absolute atomic E-state index is 11.7. The number of primary amides is 1. The number of aryl methyl sites for hydroxylation is 1. The van der Waals surface area contributed by atoms with E-state index in [1.165, 1.54) is 0 Å². The lowest BCUT2D eigenvalue weighted by molar-refractivity contribution is -0.124. The minimum Gasteiger partial charge on any atom is -0.368 e. The first kappa shape index (κ1) is 14.7. The molecule has 5 heteroatoms. The van der Waals surface area contributed by atoms with Gasteiger partial charge in [-0.3, -0.25) is 4.79 Å². The van der Waals surface area contributed by atoms with Gasteiger partial charge in [-0.2, -0.15) is 0 Å². The molecule has 0 aliphatic heterocycles. The van der Waals surface area contributed by atoms with Gasteiger partial charge in [0.25, 0.3) is 0 Å². The molecule has 1 aromatic heterocycles. The van der Waals surface area contributed by atoms with Crippen LogP contribution in [0.15, 0.2) is 12.4 Å². The highest BCUT2D eigenvalue weighted by atomic mass is 16.1. The molecule has 1 aromatic rings. The number of carbonyl (C=O) groups is 1. The highest BCUT2D eigenvalue weighted by Crippen LogP contribution is 2.21. The Morgan fingerprint density at radius 2 is 2.33 bits per heavy atom. The quantitative estimate of drug-likeness (QED) is 0.770. The van der Waals surface area contributed by atoms with Crippen molar-refractivity contribution < 1.29 is 4.79 Å². The fourth-order valence-electron chi connectivity index (χ4n) is 2.20. The molecule has 0 aromatic carbocycles. The van der Waals surface area contributed by atoms with E-state index in [4.69, 9.17) is 5.73 Å². The number of rotatable bonds is 7. The van der Waals surface area contributed by atoms with E-state index in [2.05, 4.69) is 28.7 Å². The van der Waals surface area contributed by atoms with Crippen LogP contribution in [0.3, 0.4) is 0 Å². The summed E-state index contributed by atoms with van der Waals surface area (Å²) in [5.41, 5.74) is 4.85. The summed E-state index contributed by atoms with van der Waals surface area (Å²) in [6, 6.07) is 0.175. The third kappa shape index (κ3) is 3.32. The van der Waals surface area contributed by atoms with Crippen molar-refractivity contribution in [2.75, 3.05) is 6.54 Å². The number of carbonyl (C=O) groups excluding carboxylic acids is 1. The van der Waals surface area contributed by atoms with E-state index >= 15 is 0 Å². The van der Waals surface area contributed by atoms with Gasteiger partial charge in [-0.05, 0) is 40.2 Å². The molecule has 0 spiro atoms. The molecule has 2 unspecified atom stereocenters. The minimum absolute atomic E-state index is 0.175. The largest absolute Gasteiger partial charge is 0.368 e. The molecule has 0 saturated heterocycles. The fraction of sp³-hybridized carbons (Fsp3) is 0.692. The van der Waals surface area contributed by atoms with Gasteiger partial charge in [0.05, 0.1) is 5.54 Å². The summed E-state index contributed by atoms with van der Waals surface area (Å²) in [4.78, 5) is 15.9. The van der Waals surface area contributed by atoms with E-state index in [1.54, 1.807) is 6.20 Å². The fourth-order valence-corrected chi connectivity index (χ4v) is 2.20. The van der Waals surface area contributed by atoms with Crippen LogP contribution in [0, 0.1) is 6.92 Å². The molecule has 0 radical (unpaired) electrons. The molecule has 1 rings (SSSR count). The molecule has 0 aliphatic carbocycles. The average Bonchev–Trinajstić information content (AvgIpc) is 2.72. The van der Waals surface area contributed by atoms with Crippen molar-refractivity contribution >= 4 is 5.91 Å². The zero-order valence-electron chi connectivity index (χ0n) is 11.7. The number of imidazole rings is 1. The van der Waals surface area contributed by atoms with Crippen LogP contribution in [0.4, 0.5) is 0 Å². The van der Waals surface area contributed by atoms with Crippen molar-refractivity contribution in [2.24, 2.45) is 5.73 Å². The van der Waals surface area contributed by atoms with E-state index < -0.39 is 5.54 Å². The normalized spacial score (nSPS) is 16.2. The van der Waals surface area contributed by atoms with Crippen molar-refractivity contribution in [2.45, 2.75) is 52.1 Å². The summed E-state index contributed by atoms with van der Waals surface area (Å²) in [5.74, 6) is 0.644. The predicted octanol–water partition coefficient (Wildman–Crippen LogP) is 1.39. The Morgan fingerprint density at radius 3 is 2.78 bits per heavy atom. The Balaban J connectivity index is 2.78. The number of amides is 1. The second-order valence-corrected chi connectivity index (χ2v) is 5.06. The molecular formula is C13H24N4O. The van der Waals surface area contributed by atoms with Gasteiger partial charge in [0.2, 0.25) is 5.91 Å². The highest BCUT2D eigenvalue weighted by Gasteiger charge is 2.32.